The van der Waals surface area contributed by atoms with E-state index in [4.69, 9.17) is 4.74 Å². The minimum Gasteiger partial charge on any atom is -0.370 e. The third-order valence-corrected chi connectivity index (χ3v) is 6.13. The first-order valence-electron chi connectivity index (χ1n) is 9.87. The quantitative estimate of drug-likeness (QED) is 0.646. The number of hydrogen-bond acceptors (Lipinski definition) is 7. The zero-order valence-corrected chi connectivity index (χ0v) is 15.9. The van der Waals surface area contributed by atoms with Gasteiger partial charge in [-0.2, -0.15) is 0 Å². The number of piperidine rings is 1. The summed E-state index contributed by atoms with van der Waals surface area (Å²) in [6.45, 7) is 4.68. The molecule has 1 aromatic rings. The Morgan fingerprint density at radius 1 is 1.10 bits per heavy atom. The number of hydrogen-bond donors (Lipinski definition) is 2. The predicted octanol–water partition coefficient (Wildman–Crippen LogP) is -0.738. The lowest BCUT2D eigenvalue weighted by Crippen LogP contribution is -2.68. The Hall–Kier alpha value is -2.62. The van der Waals surface area contributed by atoms with Crippen LogP contribution in [0.5, 0.6) is 0 Å². The van der Waals surface area contributed by atoms with Gasteiger partial charge in [-0.1, -0.05) is 6.07 Å². The molecule has 4 heterocycles. The third-order valence-electron chi connectivity index (χ3n) is 6.13. The SMILES string of the molecule is O=C1CCC(N2C(=O)c3ccc(CN4CCOC5(CNC5)C4)cc3C2=O)C(=O)N1. The number of carbonyl (C=O) groups excluding carboxylic acids is 4. The molecule has 1 unspecified atom stereocenters. The van der Waals surface area contributed by atoms with Crippen molar-refractivity contribution in [3.05, 3.63) is 34.9 Å². The van der Waals surface area contributed by atoms with Gasteiger partial charge in [-0.25, -0.2) is 0 Å². The average molecular weight is 398 g/mol. The lowest BCUT2D eigenvalue weighted by atomic mass is 9.94. The monoisotopic (exact) mass is 398 g/mol. The zero-order chi connectivity index (χ0) is 20.2. The number of morpholine rings is 1. The zero-order valence-electron chi connectivity index (χ0n) is 15.9. The third kappa shape index (κ3) is 3.06. The Morgan fingerprint density at radius 2 is 1.90 bits per heavy atom. The fourth-order valence-corrected chi connectivity index (χ4v) is 4.55. The first-order chi connectivity index (χ1) is 14.0. The van der Waals surface area contributed by atoms with Crippen LogP contribution in [-0.4, -0.2) is 77.9 Å². The van der Waals surface area contributed by atoms with E-state index < -0.39 is 23.8 Å². The second-order valence-electron chi connectivity index (χ2n) is 8.17. The van der Waals surface area contributed by atoms with Crippen LogP contribution in [0.1, 0.15) is 39.1 Å². The van der Waals surface area contributed by atoms with Crippen LogP contribution < -0.4 is 10.6 Å². The molecule has 1 spiro atoms. The van der Waals surface area contributed by atoms with Gasteiger partial charge in [-0.15, -0.1) is 0 Å². The van der Waals surface area contributed by atoms with Gasteiger partial charge in [0.1, 0.15) is 11.6 Å². The molecule has 152 valence electrons. The Labute approximate surface area is 167 Å². The van der Waals surface area contributed by atoms with Crippen LogP contribution in [0.25, 0.3) is 0 Å². The van der Waals surface area contributed by atoms with E-state index in [1.807, 2.05) is 6.07 Å². The summed E-state index contributed by atoms with van der Waals surface area (Å²) in [5.74, 6) is -1.92. The topological polar surface area (TPSA) is 108 Å². The molecule has 0 bridgehead atoms. The molecule has 0 aromatic heterocycles. The van der Waals surface area contributed by atoms with E-state index >= 15 is 0 Å². The van der Waals surface area contributed by atoms with Gasteiger partial charge in [0.15, 0.2) is 0 Å². The van der Waals surface area contributed by atoms with Crippen molar-refractivity contribution in [1.82, 2.24) is 20.4 Å². The van der Waals surface area contributed by atoms with Crippen LogP contribution in [-0.2, 0) is 20.9 Å². The molecule has 4 aliphatic heterocycles. The van der Waals surface area contributed by atoms with Crippen molar-refractivity contribution >= 4 is 23.6 Å². The maximum atomic E-state index is 12.9. The van der Waals surface area contributed by atoms with Crippen LogP contribution in [0.3, 0.4) is 0 Å². The van der Waals surface area contributed by atoms with Gasteiger partial charge in [-0.3, -0.25) is 34.3 Å². The van der Waals surface area contributed by atoms with Crippen LogP contribution in [0.4, 0.5) is 0 Å². The van der Waals surface area contributed by atoms with Crippen molar-refractivity contribution < 1.29 is 23.9 Å². The number of benzene rings is 1. The summed E-state index contributed by atoms with van der Waals surface area (Å²) in [4.78, 5) is 52.5. The van der Waals surface area contributed by atoms with Crippen LogP contribution in [0.2, 0.25) is 0 Å². The number of nitrogens with zero attached hydrogens (tertiary/aromatic N) is 2. The molecule has 29 heavy (non-hydrogen) atoms. The standard InChI is InChI=1S/C20H22N4O5/c25-16-4-3-15(17(26)22-16)24-18(27)13-2-1-12(7-14(13)19(24)28)8-23-5-6-29-20(11-23)9-21-10-20/h1-2,7,15,21H,3-6,8-11H2,(H,22,25,26). The van der Waals surface area contributed by atoms with Crippen molar-refractivity contribution in [3.63, 3.8) is 0 Å². The highest BCUT2D eigenvalue weighted by atomic mass is 16.5. The molecule has 4 amide bonds. The smallest absolute Gasteiger partial charge is 0.262 e. The number of fused-ring (bicyclic) bond motifs is 1. The Kier molecular flexibility index (Phi) is 4.27. The summed E-state index contributed by atoms with van der Waals surface area (Å²) in [7, 11) is 0. The normalized spacial score (nSPS) is 26.5. The highest BCUT2D eigenvalue weighted by molar-refractivity contribution is 6.23. The fraction of sp³-hybridized carbons (Fsp3) is 0.500. The summed E-state index contributed by atoms with van der Waals surface area (Å²) in [6, 6.07) is 4.34. The number of imide groups is 2. The summed E-state index contributed by atoms with van der Waals surface area (Å²) in [6.07, 6.45) is 0.273. The van der Waals surface area contributed by atoms with Gasteiger partial charge >= 0.3 is 0 Å². The van der Waals surface area contributed by atoms with E-state index in [1.165, 1.54) is 0 Å². The van der Waals surface area contributed by atoms with Crippen molar-refractivity contribution in [2.45, 2.75) is 31.0 Å². The molecule has 0 radical (unpaired) electrons. The molecule has 0 aliphatic carbocycles. The molecule has 2 N–H and O–H groups in total. The Bertz CT molecular complexity index is 925. The fourth-order valence-electron chi connectivity index (χ4n) is 4.55. The number of rotatable bonds is 3. The van der Waals surface area contributed by atoms with Crippen LogP contribution in [0, 0.1) is 0 Å². The van der Waals surface area contributed by atoms with Crippen LogP contribution in [0.15, 0.2) is 18.2 Å². The lowest BCUT2D eigenvalue weighted by Gasteiger charge is -2.48. The molecule has 9 nitrogen and oxygen atoms in total. The van der Waals surface area contributed by atoms with Gasteiger partial charge in [0.2, 0.25) is 11.8 Å². The van der Waals surface area contributed by atoms with Crippen molar-refractivity contribution in [2.75, 3.05) is 32.8 Å². The maximum absolute atomic E-state index is 12.9. The molecule has 3 saturated heterocycles. The molecule has 3 fully saturated rings. The van der Waals surface area contributed by atoms with E-state index in [-0.39, 0.29) is 24.3 Å². The van der Waals surface area contributed by atoms with Crippen molar-refractivity contribution in [2.24, 2.45) is 0 Å². The first kappa shape index (κ1) is 18.4. The highest BCUT2D eigenvalue weighted by Crippen LogP contribution is 2.29. The maximum Gasteiger partial charge on any atom is 0.262 e. The van der Waals surface area contributed by atoms with Gasteiger partial charge < -0.3 is 10.1 Å². The van der Waals surface area contributed by atoms with Gasteiger partial charge in [0.05, 0.1) is 17.7 Å². The Morgan fingerprint density at radius 3 is 2.62 bits per heavy atom. The summed E-state index contributed by atoms with van der Waals surface area (Å²) in [5, 5.41) is 5.46. The minimum atomic E-state index is -0.936. The van der Waals surface area contributed by atoms with Gasteiger partial charge in [0.25, 0.3) is 11.8 Å². The van der Waals surface area contributed by atoms with Crippen molar-refractivity contribution in [3.8, 4) is 0 Å². The highest BCUT2D eigenvalue weighted by Gasteiger charge is 2.45. The largest absolute Gasteiger partial charge is 0.370 e. The molecule has 9 heteroatoms. The molecule has 1 atom stereocenters. The van der Waals surface area contributed by atoms with Crippen molar-refractivity contribution in [1.29, 1.82) is 0 Å². The first-order valence-corrected chi connectivity index (χ1v) is 9.87. The second-order valence-corrected chi connectivity index (χ2v) is 8.17. The van der Waals surface area contributed by atoms with E-state index in [2.05, 4.69) is 15.5 Å². The minimum absolute atomic E-state index is 0.108. The molecule has 0 saturated carbocycles. The summed E-state index contributed by atoms with van der Waals surface area (Å²) >= 11 is 0. The summed E-state index contributed by atoms with van der Waals surface area (Å²) in [5.41, 5.74) is 1.47. The molecular weight excluding hydrogens is 376 g/mol. The number of ether oxygens (including phenoxy) is 1. The van der Waals surface area contributed by atoms with E-state index in [1.54, 1.807) is 12.1 Å². The number of nitrogens with one attached hydrogen (secondary N) is 2. The number of carbonyl (C=O) groups is 4. The summed E-state index contributed by atoms with van der Waals surface area (Å²) < 4.78 is 5.90. The number of amides is 4. The van der Waals surface area contributed by atoms with Gasteiger partial charge in [0, 0.05) is 39.1 Å². The molecule has 4 aliphatic rings. The molecule has 5 rings (SSSR count). The predicted molar refractivity (Wildman–Crippen MR) is 99.9 cm³/mol. The average Bonchev–Trinajstić information content (AvgIpc) is 2.91. The van der Waals surface area contributed by atoms with E-state index in [9.17, 15) is 19.2 Å². The van der Waals surface area contributed by atoms with Gasteiger partial charge in [-0.05, 0) is 24.1 Å². The van der Waals surface area contributed by atoms with Crippen LogP contribution >= 0.6 is 0 Å². The van der Waals surface area contributed by atoms with E-state index in [0.29, 0.717) is 24.3 Å². The van der Waals surface area contributed by atoms with E-state index in [0.717, 1.165) is 36.6 Å². The molecule has 1 aromatic carbocycles. The lowest BCUT2D eigenvalue weighted by molar-refractivity contribution is -0.137. The second kappa shape index (κ2) is 6.72. The Balaban J connectivity index is 1.34. The molecular formula is C20H22N4O5.